The van der Waals surface area contributed by atoms with Crippen molar-refractivity contribution in [1.82, 2.24) is 0 Å². The SMILES string of the molecule is O=C(CCCCO)Nc1ccc(Br)cc1Br. The Morgan fingerprint density at radius 1 is 1.31 bits per heavy atom. The Hall–Kier alpha value is -0.390. The van der Waals surface area contributed by atoms with Crippen molar-refractivity contribution < 1.29 is 9.90 Å². The number of hydrogen-bond acceptors (Lipinski definition) is 2. The molecule has 5 heteroatoms. The van der Waals surface area contributed by atoms with E-state index in [2.05, 4.69) is 37.2 Å². The Bertz CT molecular complexity index is 369. The first kappa shape index (κ1) is 13.7. The second-order valence-corrected chi connectivity index (χ2v) is 5.12. The first-order valence-corrected chi connectivity index (χ1v) is 6.58. The minimum Gasteiger partial charge on any atom is -0.396 e. The van der Waals surface area contributed by atoms with Gasteiger partial charge < -0.3 is 10.4 Å². The van der Waals surface area contributed by atoms with Crippen molar-refractivity contribution in [2.24, 2.45) is 0 Å². The molecule has 0 saturated heterocycles. The maximum atomic E-state index is 11.5. The van der Waals surface area contributed by atoms with Gasteiger partial charge in [0.15, 0.2) is 0 Å². The predicted molar refractivity (Wildman–Crippen MR) is 71.4 cm³/mol. The van der Waals surface area contributed by atoms with E-state index in [9.17, 15) is 4.79 Å². The molecule has 0 unspecified atom stereocenters. The number of aliphatic hydroxyl groups excluding tert-OH is 1. The Kier molecular flexibility index (Phi) is 6.01. The Morgan fingerprint density at radius 2 is 2.06 bits per heavy atom. The summed E-state index contributed by atoms with van der Waals surface area (Å²) < 4.78 is 1.80. The van der Waals surface area contributed by atoms with Crippen molar-refractivity contribution in [3.63, 3.8) is 0 Å². The molecule has 0 fully saturated rings. The zero-order valence-corrected chi connectivity index (χ0v) is 11.8. The van der Waals surface area contributed by atoms with Crippen LogP contribution in [0.15, 0.2) is 27.1 Å². The highest BCUT2D eigenvalue weighted by Gasteiger charge is 2.05. The molecule has 0 aliphatic heterocycles. The van der Waals surface area contributed by atoms with Gasteiger partial charge in [0.2, 0.25) is 5.91 Å². The zero-order valence-electron chi connectivity index (χ0n) is 8.67. The molecule has 1 aromatic rings. The lowest BCUT2D eigenvalue weighted by molar-refractivity contribution is -0.116. The highest BCUT2D eigenvalue weighted by molar-refractivity contribution is 9.11. The summed E-state index contributed by atoms with van der Waals surface area (Å²) in [6.45, 7) is 0.134. The molecule has 2 N–H and O–H groups in total. The number of carbonyl (C=O) groups is 1. The topological polar surface area (TPSA) is 49.3 Å². The second kappa shape index (κ2) is 7.04. The lowest BCUT2D eigenvalue weighted by Gasteiger charge is -2.07. The van der Waals surface area contributed by atoms with Gasteiger partial charge in [0.25, 0.3) is 0 Å². The minimum atomic E-state index is -0.0310. The van der Waals surface area contributed by atoms with E-state index in [0.717, 1.165) is 14.6 Å². The molecule has 0 atom stereocenters. The molecule has 0 radical (unpaired) electrons. The first-order chi connectivity index (χ1) is 7.63. The van der Waals surface area contributed by atoms with Crippen LogP contribution in [0.4, 0.5) is 5.69 Å². The third-order valence-corrected chi connectivity index (χ3v) is 3.17. The average molecular weight is 351 g/mol. The number of hydrogen-bond donors (Lipinski definition) is 2. The molecule has 88 valence electrons. The summed E-state index contributed by atoms with van der Waals surface area (Å²) in [6.07, 6.45) is 1.80. The van der Waals surface area contributed by atoms with Crippen LogP contribution in [0.25, 0.3) is 0 Å². The maximum Gasteiger partial charge on any atom is 0.224 e. The van der Waals surface area contributed by atoms with Crippen LogP contribution < -0.4 is 5.32 Å². The van der Waals surface area contributed by atoms with Crippen LogP contribution in [-0.4, -0.2) is 17.6 Å². The van der Waals surface area contributed by atoms with Crippen molar-refractivity contribution >= 4 is 43.5 Å². The highest BCUT2D eigenvalue weighted by Crippen LogP contribution is 2.26. The van der Waals surface area contributed by atoms with Crippen molar-refractivity contribution in [1.29, 1.82) is 0 Å². The number of rotatable bonds is 5. The Morgan fingerprint density at radius 3 is 2.69 bits per heavy atom. The predicted octanol–water partition coefficient (Wildman–Crippen LogP) is 3.31. The fourth-order valence-electron chi connectivity index (χ4n) is 1.20. The van der Waals surface area contributed by atoms with E-state index >= 15 is 0 Å². The quantitative estimate of drug-likeness (QED) is 0.800. The molecule has 0 aromatic heterocycles. The van der Waals surface area contributed by atoms with Crippen LogP contribution in [-0.2, 0) is 4.79 Å². The van der Waals surface area contributed by atoms with Crippen LogP contribution in [0.1, 0.15) is 19.3 Å². The molecule has 0 heterocycles. The number of carbonyl (C=O) groups excluding carboxylic acids is 1. The average Bonchev–Trinajstić information content (AvgIpc) is 2.23. The maximum absolute atomic E-state index is 11.5. The molecule has 0 bridgehead atoms. The van der Waals surface area contributed by atoms with Crippen LogP contribution in [0.3, 0.4) is 0 Å². The molecule has 0 aliphatic carbocycles. The number of amides is 1. The van der Waals surface area contributed by atoms with Crippen LogP contribution in [0.5, 0.6) is 0 Å². The molecule has 3 nitrogen and oxygen atoms in total. The van der Waals surface area contributed by atoms with Gasteiger partial charge in [-0.3, -0.25) is 4.79 Å². The van der Waals surface area contributed by atoms with E-state index in [4.69, 9.17) is 5.11 Å². The first-order valence-electron chi connectivity index (χ1n) is 4.99. The molecule has 16 heavy (non-hydrogen) atoms. The van der Waals surface area contributed by atoms with Gasteiger partial charge in [-0.25, -0.2) is 0 Å². The largest absolute Gasteiger partial charge is 0.396 e. The fraction of sp³-hybridized carbons (Fsp3) is 0.364. The monoisotopic (exact) mass is 349 g/mol. The normalized spacial score (nSPS) is 10.2. The van der Waals surface area contributed by atoms with E-state index < -0.39 is 0 Å². The third kappa shape index (κ3) is 4.63. The summed E-state index contributed by atoms with van der Waals surface area (Å²) in [5.74, 6) is -0.0310. The zero-order chi connectivity index (χ0) is 12.0. The van der Waals surface area contributed by atoms with E-state index in [1.807, 2.05) is 18.2 Å². The summed E-state index contributed by atoms with van der Waals surface area (Å²) in [6, 6.07) is 5.58. The number of anilines is 1. The number of aliphatic hydroxyl groups is 1. The second-order valence-electron chi connectivity index (χ2n) is 3.35. The highest BCUT2D eigenvalue weighted by atomic mass is 79.9. The summed E-state index contributed by atoms with van der Waals surface area (Å²) in [7, 11) is 0. The molecule has 1 rings (SSSR count). The van der Waals surface area contributed by atoms with E-state index in [1.165, 1.54) is 0 Å². The lowest BCUT2D eigenvalue weighted by Crippen LogP contribution is -2.11. The summed E-state index contributed by atoms with van der Waals surface area (Å²) in [4.78, 5) is 11.5. The molecule has 0 spiro atoms. The number of unbranched alkanes of at least 4 members (excludes halogenated alkanes) is 1. The number of benzene rings is 1. The Balaban J connectivity index is 2.49. The van der Waals surface area contributed by atoms with Gasteiger partial charge in [-0.2, -0.15) is 0 Å². The van der Waals surface area contributed by atoms with Crippen molar-refractivity contribution in [3.05, 3.63) is 27.1 Å². The van der Waals surface area contributed by atoms with Crippen LogP contribution >= 0.6 is 31.9 Å². The van der Waals surface area contributed by atoms with E-state index in [0.29, 0.717) is 19.3 Å². The Labute approximate surface area is 111 Å². The summed E-state index contributed by atoms with van der Waals surface area (Å²) in [5, 5.41) is 11.4. The summed E-state index contributed by atoms with van der Waals surface area (Å²) in [5.41, 5.74) is 0.761. The van der Waals surface area contributed by atoms with Crippen molar-refractivity contribution in [2.45, 2.75) is 19.3 Å². The molecule has 0 aliphatic rings. The number of halogens is 2. The van der Waals surface area contributed by atoms with E-state index in [-0.39, 0.29) is 12.5 Å². The fourth-order valence-corrected chi connectivity index (χ4v) is 2.35. The van der Waals surface area contributed by atoms with Crippen molar-refractivity contribution in [2.75, 3.05) is 11.9 Å². The summed E-state index contributed by atoms with van der Waals surface area (Å²) >= 11 is 6.72. The molecule has 1 amide bonds. The standard InChI is InChI=1S/C11H13Br2NO2/c12-8-4-5-10(9(13)7-8)14-11(16)3-1-2-6-15/h4-5,7,15H,1-3,6H2,(H,14,16). The van der Waals surface area contributed by atoms with Gasteiger partial charge in [0, 0.05) is 22.0 Å². The van der Waals surface area contributed by atoms with Crippen molar-refractivity contribution in [3.8, 4) is 0 Å². The van der Waals surface area contributed by atoms with Gasteiger partial charge in [0.05, 0.1) is 5.69 Å². The third-order valence-electron chi connectivity index (χ3n) is 2.02. The van der Waals surface area contributed by atoms with Gasteiger partial charge in [0.1, 0.15) is 0 Å². The minimum absolute atomic E-state index is 0.0310. The molecular weight excluding hydrogens is 338 g/mol. The van der Waals surface area contributed by atoms with Gasteiger partial charge in [-0.15, -0.1) is 0 Å². The smallest absolute Gasteiger partial charge is 0.224 e. The molecule has 1 aromatic carbocycles. The molecular formula is C11H13Br2NO2. The van der Waals surface area contributed by atoms with Gasteiger partial charge in [-0.05, 0) is 47.0 Å². The van der Waals surface area contributed by atoms with E-state index in [1.54, 1.807) is 0 Å². The van der Waals surface area contributed by atoms with Crippen LogP contribution in [0.2, 0.25) is 0 Å². The molecule has 0 saturated carbocycles. The van der Waals surface area contributed by atoms with Gasteiger partial charge >= 0.3 is 0 Å². The van der Waals surface area contributed by atoms with Gasteiger partial charge in [-0.1, -0.05) is 15.9 Å². The van der Waals surface area contributed by atoms with Crippen LogP contribution in [0, 0.1) is 0 Å². The number of nitrogens with one attached hydrogen (secondary N) is 1. The lowest BCUT2D eigenvalue weighted by atomic mass is 10.2.